The lowest BCUT2D eigenvalue weighted by atomic mass is 9.86. The molecule has 0 radical (unpaired) electrons. The summed E-state index contributed by atoms with van der Waals surface area (Å²) >= 11 is 1.06. The molecular formula is C32H47N5O17S. The minimum atomic E-state index is -1.93. The summed E-state index contributed by atoms with van der Waals surface area (Å²) in [5.41, 5.74) is -0.389. The molecule has 23 heteroatoms. The van der Waals surface area contributed by atoms with E-state index in [1.54, 1.807) is 24.3 Å². The molecule has 55 heavy (non-hydrogen) atoms. The number of nitrogens with zero attached hydrogens (tertiary/aromatic N) is 4. The Balaban J connectivity index is 1.07. The van der Waals surface area contributed by atoms with E-state index in [9.17, 15) is 61.3 Å². The van der Waals surface area contributed by atoms with Gasteiger partial charge in [0.05, 0.1) is 43.7 Å². The van der Waals surface area contributed by atoms with Crippen molar-refractivity contribution >= 4 is 11.8 Å². The summed E-state index contributed by atoms with van der Waals surface area (Å²) < 4.78 is 30.3. The number of hydrogen-bond acceptors (Lipinski definition) is 22. The lowest BCUT2D eigenvalue weighted by molar-refractivity contribution is -0.366. The zero-order valence-electron chi connectivity index (χ0n) is 29.2. The van der Waals surface area contributed by atoms with E-state index in [-0.39, 0.29) is 5.57 Å². The van der Waals surface area contributed by atoms with Crippen molar-refractivity contribution in [3.63, 3.8) is 0 Å². The molecule has 1 aromatic carbocycles. The second-order valence-corrected chi connectivity index (χ2v) is 14.9. The van der Waals surface area contributed by atoms with Gasteiger partial charge in [-0.1, -0.05) is 17.8 Å². The number of ether oxygens (including phenoxy) is 5. The fraction of sp³-hybridized carbons (Fsp3) is 0.719. The Labute approximate surface area is 317 Å². The van der Waals surface area contributed by atoms with Crippen molar-refractivity contribution in [1.29, 1.82) is 0 Å². The van der Waals surface area contributed by atoms with E-state index < -0.39 is 135 Å². The normalized spacial score (nSPS) is 43.9. The quantitative estimate of drug-likeness (QED) is 0.0887. The molecule has 308 valence electrons. The molecule has 1 aliphatic carbocycles. The van der Waals surface area contributed by atoms with Crippen molar-refractivity contribution in [3.8, 4) is 5.69 Å². The summed E-state index contributed by atoms with van der Waals surface area (Å²) in [6.45, 7) is -0.653. The van der Waals surface area contributed by atoms with Crippen LogP contribution in [-0.4, -0.2) is 217 Å². The summed E-state index contributed by atoms with van der Waals surface area (Å²) in [6.07, 6.45) is -22.8. The van der Waals surface area contributed by atoms with Crippen LogP contribution < -0.4 is 5.32 Å². The number of benzene rings is 1. The fourth-order valence-corrected chi connectivity index (χ4v) is 8.05. The van der Waals surface area contributed by atoms with Crippen LogP contribution in [0.1, 0.15) is 6.92 Å². The number of aliphatic hydroxyl groups excluding tert-OH is 12. The first kappa shape index (κ1) is 42.3. The van der Waals surface area contributed by atoms with E-state index in [4.69, 9.17) is 23.7 Å². The highest BCUT2D eigenvalue weighted by molar-refractivity contribution is 7.99. The van der Waals surface area contributed by atoms with E-state index in [2.05, 4.69) is 20.8 Å². The highest BCUT2D eigenvalue weighted by atomic mass is 32.2. The van der Waals surface area contributed by atoms with E-state index in [0.29, 0.717) is 10.6 Å². The zero-order chi connectivity index (χ0) is 39.7. The van der Waals surface area contributed by atoms with E-state index in [1.165, 1.54) is 24.0 Å². The Morgan fingerprint density at radius 3 is 1.93 bits per heavy atom. The molecule has 4 aliphatic rings. The molecule has 13 N–H and O–H groups in total. The van der Waals surface area contributed by atoms with Gasteiger partial charge < -0.3 is 90.3 Å². The maximum atomic E-state index is 11.1. The van der Waals surface area contributed by atoms with Crippen LogP contribution in [0, 0.1) is 0 Å². The average Bonchev–Trinajstić information content (AvgIpc) is 3.73. The molecule has 3 saturated heterocycles. The smallest absolute Gasteiger partial charge is 0.187 e. The second kappa shape index (κ2) is 18.1. The van der Waals surface area contributed by atoms with Crippen LogP contribution in [0.2, 0.25) is 0 Å². The number of nitrogens with one attached hydrogen (secondary N) is 1. The Morgan fingerprint density at radius 2 is 1.33 bits per heavy atom. The predicted octanol–water partition coefficient (Wildman–Crippen LogP) is -6.79. The highest BCUT2D eigenvalue weighted by Gasteiger charge is 2.54. The summed E-state index contributed by atoms with van der Waals surface area (Å²) in [7, 11) is 0. The van der Waals surface area contributed by atoms with Gasteiger partial charge in [0.15, 0.2) is 12.6 Å². The molecule has 3 aliphatic heterocycles. The van der Waals surface area contributed by atoms with Crippen LogP contribution >= 0.6 is 11.8 Å². The third-order valence-electron chi connectivity index (χ3n) is 10.2. The zero-order valence-corrected chi connectivity index (χ0v) is 30.0. The Bertz CT molecular complexity index is 1550. The molecule has 22 nitrogen and oxygen atoms in total. The monoisotopic (exact) mass is 805 g/mol. The van der Waals surface area contributed by atoms with Crippen molar-refractivity contribution in [1.82, 2.24) is 25.5 Å². The minimum Gasteiger partial charge on any atom is -0.394 e. The summed E-state index contributed by atoms with van der Waals surface area (Å²) in [5.74, 6) is 0. The summed E-state index contributed by atoms with van der Waals surface area (Å²) in [4.78, 5) is 0.633. The Kier molecular flexibility index (Phi) is 13.9. The number of tetrazole rings is 1. The Morgan fingerprint density at radius 1 is 0.727 bits per heavy atom. The van der Waals surface area contributed by atoms with E-state index >= 15 is 0 Å². The van der Waals surface area contributed by atoms with Gasteiger partial charge in [-0.25, -0.2) is 4.68 Å². The second-order valence-electron chi connectivity index (χ2n) is 13.7. The SMILES string of the molecule is CC1OC(OC2C(CO)OC(OC3C(CO)OC(Sc4ccc(-n5cnnn5)cc4)C(O)C3O)C(O)C2O)C(O)C(O)C1NC1C=C(CO)C(O)C(O)C1O. The minimum absolute atomic E-state index is 0.0239. The highest BCUT2D eigenvalue weighted by Crippen LogP contribution is 2.37. The lowest BCUT2D eigenvalue weighted by Crippen LogP contribution is -2.68. The number of aromatic nitrogens is 4. The van der Waals surface area contributed by atoms with Gasteiger partial charge in [0.1, 0.15) is 91.1 Å². The fourth-order valence-electron chi connectivity index (χ4n) is 6.99. The molecule has 4 heterocycles. The van der Waals surface area contributed by atoms with Gasteiger partial charge in [-0.15, -0.1) is 5.10 Å². The van der Waals surface area contributed by atoms with Crippen LogP contribution in [0.3, 0.4) is 0 Å². The van der Waals surface area contributed by atoms with Crippen LogP contribution in [0.15, 0.2) is 47.1 Å². The number of rotatable bonds is 12. The van der Waals surface area contributed by atoms with Gasteiger partial charge in [-0.05, 0) is 47.2 Å². The van der Waals surface area contributed by atoms with Crippen LogP contribution in [0.4, 0.5) is 0 Å². The molecule has 1 aromatic heterocycles. The standard InChI is InChI=1S/C32H47N5O17S/c1-11-18(34-15-6-12(7-38)19(41)22(44)20(15)42)21(43)25(47)30(50-11)53-28-16(8-39)51-31(26(48)23(28)45)54-29-17(9-40)52-32(27(49)24(29)46)55-14-4-2-13(3-5-14)37-10-33-35-36-37/h2-6,10-11,15-32,34,38-49H,7-9H2,1H3. The predicted molar refractivity (Wildman–Crippen MR) is 181 cm³/mol. The van der Waals surface area contributed by atoms with Crippen LogP contribution in [0.5, 0.6) is 0 Å². The molecular weight excluding hydrogens is 758 g/mol. The van der Waals surface area contributed by atoms with Crippen molar-refractivity contribution < 1.29 is 85.0 Å². The van der Waals surface area contributed by atoms with Gasteiger partial charge >= 0.3 is 0 Å². The first-order valence-electron chi connectivity index (χ1n) is 17.5. The third kappa shape index (κ3) is 8.75. The molecule has 0 spiro atoms. The largest absolute Gasteiger partial charge is 0.394 e. The Hall–Kier alpha value is -2.34. The van der Waals surface area contributed by atoms with Gasteiger partial charge in [-0.2, -0.15) is 0 Å². The number of thioether (sulfide) groups is 1. The third-order valence-corrected chi connectivity index (χ3v) is 11.3. The van der Waals surface area contributed by atoms with Gasteiger partial charge in [0.2, 0.25) is 0 Å². The molecule has 19 unspecified atom stereocenters. The van der Waals surface area contributed by atoms with Crippen molar-refractivity contribution in [3.05, 3.63) is 42.2 Å². The summed E-state index contributed by atoms with van der Waals surface area (Å²) in [5, 5.41) is 141. The molecule has 6 rings (SSSR count). The maximum absolute atomic E-state index is 11.1. The molecule has 0 amide bonds. The molecule has 3 fully saturated rings. The molecule has 19 atom stereocenters. The van der Waals surface area contributed by atoms with Crippen molar-refractivity contribution in [2.45, 2.75) is 127 Å². The van der Waals surface area contributed by atoms with Gasteiger partial charge in [0, 0.05) is 4.90 Å². The maximum Gasteiger partial charge on any atom is 0.187 e. The first-order chi connectivity index (χ1) is 26.3. The van der Waals surface area contributed by atoms with Crippen molar-refractivity contribution in [2.24, 2.45) is 0 Å². The van der Waals surface area contributed by atoms with Gasteiger partial charge in [-0.3, -0.25) is 0 Å². The number of hydrogen-bond donors (Lipinski definition) is 13. The topological polar surface area (TPSA) is 345 Å². The molecule has 0 saturated carbocycles. The lowest BCUT2D eigenvalue weighted by Gasteiger charge is -2.49. The molecule has 2 aromatic rings. The van der Waals surface area contributed by atoms with Crippen LogP contribution in [0.25, 0.3) is 5.69 Å². The van der Waals surface area contributed by atoms with E-state index in [1.807, 2.05) is 0 Å². The first-order valence-corrected chi connectivity index (χ1v) is 18.3. The van der Waals surface area contributed by atoms with E-state index in [0.717, 1.165) is 11.8 Å². The average molecular weight is 806 g/mol. The molecule has 0 bridgehead atoms. The van der Waals surface area contributed by atoms with Gasteiger partial charge in [0.25, 0.3) is 0 Å². The van der Waals surface area contributed by atoms with Crippen molar-refractivity contribution in [2.75, 3.05) is 19.8 Å². The summed E-state index contributed by atoms with van der Waals surface area (Å²) in [6, 6.07) is 4.68. The van der Waals surface area contributed by atoms with Crippen LogP contribution in [-0.2, 0) is 23.7 Å². The number of aliphatic hydroxyl groups is 12.